The minimum absolute atomic E-state index is 0.593. The van der Waals surface area contributed by atoms with E-state index in [1.54, 1.807) is 14.2 Å². The lowest BCUT2D eigenvalue weighted by molar-refractivity contribution is 0.303. The van der Waals surface area contributed by atoms with Gasteiger partial charge in [-0.15, -0.1) is 0 Å². The second-order valence-corrected chi connectivity index (χ2v) is 5.60. The highest BCUT2D eigenvalue weighted by Gasteiger charge is 2.26. The van der Waals surface area contributed by atoms with Gasteiger partial charge in [-0.2, -0.15) is 0 Å². The molecule has 1 fully saturated rings. The van der Waals surface area contributed by atoms with Crippen LogP contribution in [0.1, 0.15) is 32.6 Å². The molecule has 72 valence electrons. The molecule has 12 heavy (non-hydrogen) atoms. The van der Waals surface area contributed by atoms with Gasteiger partial charge in [0.15, 0.2) is 8.38 Å². The van der Waals surface area contributed by atoms with E-state index >= 15 is 0 Å². The largest absolute Gasteiger partial charge is 0.337 e. The quantitative estimate of drug-likeness (QED) is 0.636. The van der Waals surface area contributed by atoms with E-state index in [0.29, 0.717) is 5.66 Å². The Morgan fingerprint density at radius 3 is 1.92 bits per heavy atom. The van der Waals surface area contributed by atoms with Crippen molar-refractivity contribution in [1.82, 2.24) is 0 Å². The van der Waals surface area contributed by atoms with E-state index in [1.165, 1.54) is 25.7 Å². The predicted octanol–water partition coefficient (Wildman–Crippen LogP) is 3.17. The summed E-state index contributed by atoms with van der Waals surface area (Å²) < 4.78 is 10.6. The highest BCUT2D eigenvalue weighted by molar-refractivity contribution is 7.48. The van der Waals surface area contributed by atoms with Gasteiger partial charge in [-0.05, 0) is 31.6 Å². The van der Waals surface area contributed by atoms with Crippen LogP contribution in [0.5, 0.6) is 0 Å². The van der Waals surface area contributed by atoms with Crippen molar-refractivity contribution in [3.63, 3.8) is 0 Å². The molecular formula is C9H19O2P. The monoisotopic (exact) mass is 190 g/mol. The van der Waals surface area contributed by atoms with Crippen molar-refractivity contribution in [2.24, 2.45) is 5.92 Å². The van der Waals surface area contributed by atoms with Gasteiger partial charge < -0.3 is 9.05 Å². The molecule has 0 aromatic carbocycles. The predicted molar refractivity (Wildman–Crippen MR) is 52.4 cm³/mol. The lowest BCUT2D eigenvalue weighted by Crippen LogP contribution is -2.16. The van der Waals surface area contributed by atoms with Gasteiger partial charge >= 0.3 is 0 Å². The van der Waals surface area contributed by atoms with Crippen molar-refractivity contribution in [3.05, 3.63) is 0 Å². The molecule has 0 bridgehead atoms. The fourth-order valence-corrected chi connectivity index (χ4v) is 3.29. The zero-order chi connectivity index (χ0) is 8.97. The highest BCUT2D eigenvalue weighted by Crippen LogP contribution is 2.48. The van der Waals surface area contributed by atoms with Crippen molar-refractivity contribution in [2.45, 2.75) is 38.3 Å². The minimum Gasteiger partial charge on any atom is -0.337 e. The molecule has 0 aromatic rings. The van der Waals surface area contributed by atoms with Gasteiger partial charge in [0.05, 0.1) is 0 Å². The average molecular weight is 190 g/mol. The summed E-state index contributed by atoms with van der Waals surface area (Å²) in [5.41, 5.74) is 0.686. The van der Waals surface area contributed by atoms with Crippen LogP contribution in [0, 0.1) is 5.92 Å². The normalized spacial score (nSPS) is 31.0. The molecule has 2 nitrogen and oxygen atoms in total. The van der Waals surface area contributed by atoms with Crippen molar-refractivity contribution in [2.75, 3.05) is 14.2 Å². The third kappa shape index (κ3) is 2.69. The molecule has 0 saturated heterocycles. The first kappa shape index (κ1) is 10.4. The lowest BCUT2D eigenvalue weighted by atomic mass is 9.91. The zero-order valence-corrected chi connectivity index (χ0v) is 9.14. The van der Waals surface area contributed by atoms with Gasteiger partial charge in [0.1, 0.15) is 0 Å². The molecule has 0 atom stereocenters. The van der Waals surface area contributed by atoms with Gasteiger partial charge in [0.2, 0.25) is 0 Å². The molecule has 0 N–H and O–H groups in total. The zero-order valence-electron chi connectivity index (χ0n) is 8.25. The SMILES string of the molecule is COP(OC)C1CCC(C)CC1. The van der Waals surface area contributed by atoms with Crippen LogP contribution in [0.25, 0.3) is 0 Å². The second kappa shape index (κ2) is 5.16. The smallest absolute Gasteiger partial charge is 0.173 e. The highest BCUT2D eigenvalue weighted by atomic mass is 31.2. The summed E-state index contributed by atoms with van der Waals surface area (Å²) in [5, 5.41) is 0. The number of rotatable bonds is 3. The summed E-state index contributed by atoms with van der Waals surface area (Å²) in [6.45, 7) is 2.33. The van der Waals surface area contributed by atoms with Crippen LogP contribution < -0.4 is 0 Å². The van der Waals surface area contributed by atoms with Gasteiger partial charge in [0.25, 0.3) is 0 Å². The molecule has 0 aliphatic heterocycles. The Bertz CT molecular complexity index is 118. The summed E-state index contributed by atoms with van der Waals surface area (Å²) >= 11 is 0. The fraction of sp³-hybridized carbons (Fsp3) is 1.00. The van der Waals surface area contributed by atoms with Crippen LogP contribution in [0.3, 0.4) is 0 Å². The van der Waals surface area contributed by atoms with Gasteiger partial charge in [-0.1, -0.05) is 6.92 Å². The molecule has 1 rings (SSSR count). The molecular weight excluding hydrogens is 171 g/mol. The number of hydrogen-bond acceptors (Lipinski definition) is 2. The Kier molecular flexibility index (Phi) is 4.49. The molecule has 3 heteroatoms. The molecule has 0 heterocycles. The first-order chi connectivity index (χ1) is 5.77. The standard InChI is InChI=1S/C9H19O2P/c1-8-4-6-9(7-5-8)12(10-2)11-3/h8-9H,4-7H2,1-3H3. The van der Waals surface area contributed by atoms with E-state index in [9.17, 15) is 0 Å². The Balaban J connectivity index is 2.32. The Hall–Kier alpha value is 0.350. The molecule has 0 amide bonds. The molecule has 0 aromatic heterocycles. The van der Waals surface area contributed by atoms with E-state index in [4.69, 9.17) is 9.05 Å². The minimum atomic E-state index is -0.593. The van der Waals surface area contributed by atoms with Crippen molar-refractivity contribution in [1.29, 1.82) is 0 Å². The first-order valence-corrected chi connectivity index (χ1v) is 5.90. The first-order valence-electron chi connectivity index (χ1n) is 4.65. The lowest BCUT2D eigenvalue weighted by Gasteiger charge is -2.29. The summed E-state index contributed by atoms with van der Waals surface area (Å²) in [6, 6.07) is 0. The maximum Gasteiger partial charge on any atom is 0.173 e. The third-order valence-corrected chi connectivity index (χ3v) is 4.48. The van der Waals surface area contributed by atoms with Gasteiger partial charge in [0, 0.05) is 19.9 Å². The fourth-order valence-electron chi connectivity index (χ4n) is 1.83. The molecule has 0 unspecified atom stereocenters. The van der Waals surface area contributed by atoms with E-state index in [-0.39, 0.29) is 0 Å². The Morgan fingerprint density at radius 1 is 1.00 bits per heavy atom. The van der Waals surface area contributed by atoms with E-state index < -0.39 is 8.38 Å². The maximum atomic E-state index is 5.32. The van der Waals surface area contributed by atoms with Crippen molar-refractivity contribution in [3.8, 4) is 0 Å². The van der Waals surface area contributed by atoms with E-state index in [0.717, 1.165) is 5.92 Å². The van der Waals surface area contributed by atoms with Crippen LogP contribution in [0.4, 0.5) is 0 Å². The van der Waals surface area contributed by atoms with Crippen LogP contribution in [0.2, 0.25) is 0 Å². The summed E-state index contributed by atoms with van der Waals surface area (Å²) in [4.78, 5) is 0. The molecule has 0 spiro atoms. The third-order valence-electron chi connectivity index (χ3n) is 2.64. The summed E-state index contributed by atoms with van der Waals surface area (Å²) in [7, 11) is 2.92. The topological polar surface area (TPSA) is 18.5 Å². The van der Waals surface area contributed by atoms with Crippen LogP contribution >= 0.6 is 8.38 Å². The van der Waals surface area contributed by atoms with Crippen LogP contribution in [-0.2, 0) is 9.05 Å². The van der Waals surface area contributed by atoms with Gasteiger partial charge in [-0.3, -0.25) is 0 Å². The summed E-state index contributed by atoms with van der Waals surface area (Å²) in [5.74, 6) is 0.909. The maximum absolute atomic E-state index is 5.32. The Morgan fingerprint density at radius 2 is 1.50 bits per heavy atom. The van der Waals surface area contributed by atoms with E-state index in [1.807, 2.05) is 0 Å². The van der Waals surface area contributed by atoms with Crippen LogP contribution in [0.15, 0.2) is 0 Å². The van der Waals surface area contributed by atoms with E-state index in [2.05, 4.69) is 6.92 Å². The van der Waals surface area contributed by atoms with Gasteiger partial charge in [-0.25, -0.2) is 0 Å². The molecule has 1 aliphatic rings. The molecule has 0 radical (unpaired) electrons. The Labute approximate surface area is 76.6 Å². The van der Waals surface area contributed by atoms with Crippen LogP contribution in [-0.4, -0.2) is 19.9 Å². The molecule has 1 saturated carbocycles. The second-order valence-electron chi connectivity index (χ2n) is 3.56. The van der Waals surface area contributed by atoms with Crippen molar-refractivity contribution >= 4 is 8.38 Å². The van der Waals surface area contributed by atoms with Crippen molar-refractivity contribution < 1.29 is 9.05 Å². The molecule has 1 aliphatic carbocycles. The average Bonchev–Trinajstić information content (AvgIpc) is 2.10. The summed E-state index contributed by atoms with van der Waals surface area (Å²) in [6.07, 6.45) is 5.26. The number of hydrogen-bond donors (Lipinski definition) is 0.